The molecule has 29 heavy (non-hydrogen) atoms. The minimum Gasteiger partial charge on any atom is -0.135 e. The van der Waals surface area contributed by atoms with Crippen LogP contribution in [0.15, 0.2) is 97.1 Å². The van der Waals surface area contributed by atoms with Crippen molar-refractivity contribution in [2.75, 3.05) is 0 Å². The van der Waals surface area contributed by atoms with Gasteiger partial charge in [-0.15, -0.1) is 11.3 Å². The number of rotatable bonds is 2. The van der Waals surface area contributed by atoms with Crippen LogP contribution in [-0.4, -0.2) is 0 Å². The summed E-state index contributed by atoms with van der Waals surface area (Å²) >= 11 is 1.90. The van der Waals surface area contributed by atoms with E-state index in [9.17, 15) is 0 Å². The van der Waals surface area contributed by atoms with E-state index in [0.29, 0.717) is 0 Å². The smallest absolute Gasteiger partial charge is 0.0434 e. The predicted molar refractivity (Wildman–Crippen MR) is 130 cm³/mol. The van der Waals surface area contributed by atoms with Gasteiger partial charge in [0.15, 0.2) is 0 Å². The van der Waals surface area contributed by atoms with Gasteiger partial charge in [0.25, 0.3) is 0 Å². The molecule has 0 aliphatic carbocycles. The summed E-state index contributed by atoms with van der Waals surface area (Å²) in [4.78, 5) is 0. The van der Waals surface area contributed by atoms with Crippen LogP contribution in [0.5, 0.6) is 0 Å². The standard InChI is InChI=1S/C28H18S/c1-2-6-19(7-3-1)10-11-20-12-15-27-26(16-20)24-14-13-23-17-21-8-4-5-9-22(21)18-25(23)28(24)29-27/h1-18H/b11-10+. The third-order valence-corrected chi connectivity index (χ3v) is 6.83. The normalized spacial score (nSPS) is 12.0. The summed E-state index contributed by atoms with van der Waals surface area (Å²) in [7, 11) is 0. The van der Waals surface area contributed by atoms with E-state index in [1.54, 1.807) is 0 Å². The topological polar surface area (TPSA) is 0 Å². The Labute approximate surface area is 173 Å². The van der Waals surface area contributed by atoms with E-state index in [4.69, 9.17) is 0 Å². The molecule has 0 N–H and O–H groups in total. The highest BCUT2D eigenvalue weighted by atomic mass is 32.1. The van der Waals surface area contributed by atoms with Gasteiger partial charge < -0.3 is 0 Å². The number of fused-ring (bicyclic) bond motifs is 6. The van der Waals surface area contributed by atoms with Crippen molar-refractivity contribution >= 4 is 65.2 Å². The van der Waals surface area contributed by atoms with Crippen molar-refractivity contribution in [3.63, 3.8) is 0 Å². The molecule has 0 unspecified atom stereocenters. The summed E-state index contributed by atoms with van der Waals surface area (Å²) in [5, 5.41) is 7.96. The van der Waals surface area contributed by atoms with E-state index < -0.39 is 0 Å². The summed E-state index contributed by atoms with van der Waals surface area (Å²) in [5.74, 6) is 0. The quantitative estimate of drug-likeness (QED) is 0.207. The fourth-order valence-electron chi connectivity index (χ4n) is 4.13. The second-order valence-electron chi connectivity index (χ2n) is 7.46. The van der Waals surface area contributed by atoms with E-state index in [-0.39, 0.29) is 0 Å². The molecule has 0 bridgehead atoms. The number of hydrogen-bond acceptors (Lipinski definition) is 1. The van der Waals surface area contributed by atoms with Gasteiger partial charge in [-0.2, -0.15) is 0 Å². The minimum atomic E-state index is 1.22. The third-order valence-electron chi connectivity index (χ3n) is 5.61. The molecule has 0 saturated heterocycles. The molecular formula is C28H18S. The molecule has 5 aromatic carbocycles. The Morgan fingerprint density at radius 1 is 0.483 bits per heavy atom. The van der Waals surface area contributed by atoms with Crippen molar-refractivity contribution in [3.05, 3.63) is 108 Å². The first-order valence-corrected chi connectivity index (χ1v) is 10.7. The zero-order valence-corrected chi connectivity index (χ0v) is 16.6. The van der Waals surface area contributed by atoms with Crippen LogP contribution in [0.1, 0.15) is 11.1 Å². The van der Waals surface area contributed by atoms with Gasteiger partial charge in [-0.1, -0.05) is 84.9 Å². The van der Waals surface area contributed by atoms with Gasteiger partial charge in [0.2, 0.25) is 0 Å². The van der Waals surface area contributed by atoms with Gasteiger partial charge in [0.1, 0.15) is 0 Å². The third kappa shape index (κ3) is 2.83. The molecule has 6 aromatic rings. The molecule has 0 aliphatic heterocycles. The van der Waals surface area contributed by atoms with Crippen molar-refractivity contribution in [2.45, 2.75) is 0 Å². The Kier molecular flexibility index (Phi) is 3.75. The Balaban J connectivity index is 1.54. The SMILES string of the molecule is C(=C\c1ccc2sc3c4cc5ccccc5cc4ccc3c2c1)/c1ccccc1. The van der Waals surface area contributed by atoms with E-state index >= 15 is 0 Å². The Hall–Kier alpha value is -3.42. The average molecular weight is 387 g/mol. The largest absolute Gasteiger partial charge is 0.135 e. The van der Waals surface area contributed by atoms with E-state index in [1.165, 1.54) is 52.8 Å². The van der Waals surface area contributed by atoms with Gasteiger partial charge in [-0.05, 0) is 51.6 Å². The lowest BCUT2D eigenvalue weighted by Crippen LogP contribution is -1.77. The van der Waals surface area contributed by atoms with E-state index in [0.717, 1.165) is 0 Å². The van der Waals surface area contributed by atoms with Crippen molar-refractivity contribution in [3.8, 4) is 0 Å². The predicted octanol–water partition coefficient (Wildman–Crippen LogP) is 8.53. The number of hydrogen-bond donors (Lipinski definition) is 0. The zero-order valence-electron chi connectivity index (χ0n) is 15.8. The monoisotopic (exact) mass is 386 g/mol. The lowest BCUT2D eigenvalue weighted by atomic mass is 10.0. The van der Waals surface area contributed by atoms with Crippen LogP contribution in [-0.2, 0) is 0 Å². The number of thiophene rings is 1. The van der Waals surface area contributed by atoms with Crippen molar-refractivity contribution < 1.29 is 0 Å². The van der Waals surface area contributed by atoms with Gasteiger partial charge in [0.05, 0.1) is 0 Å². The molecule has 1 aromatic heterocycles. The van der Waals surface area contributed by atoms with Gasteiger partial charge >= 0.3 is 0 Å². The maximum Gasteiger partial charge on any atom is 0.0434 e. The molecule has 1 heterocycles. The first kappa shape index (κ1) is 16.5. The minimum absolute atomic E-state index is 1.22. The second kappa shape index (κ2) is 6.58. The molecule has 0 nitrogen and oxygen atoms in total. The summed E-state index contributed by atoms with van der Waals surface area (Å²) in [6.07, 6.45) is 4.38. The fourth-order valence-corrected chi connectivity index (χ4v) is 5.34. The summed E-state index contributed by atoms with van der Waals surface area (Å²) in [5.41, 5.74) is 2.46. The van der Waals surface area contributed by atoms with E-state index in [2.05, 4.69) is 109 Å². The Morgan fingerprint density at radius 3 is 2.10 bits per heavy atom. The molecule has 1 heteroatoms. The molecule has 0 fully saturated rings. The van der Waals surface area contributed by atoms with Crippen LogP contribution in [0.4, 0.5) is 0 Å². The van der Waals surface area contributed by atoms with E-state index in [1.807, 2.05) is 11.3 Å². The highest BCUT2D eigenvalue weighted by Crippen LogP contribution is 2.40. The van der Waals surface area contributed by atoms with Gasteiger partial charge in [-0.25, -0.2) is 0 Å². The zero-order chi connectivity index (χ0) is 19.2. The molecule has 0 saturated carbocycles. The van der Waals surface area contributed by atoms with Crippen molar-refractivity contribution in [2.24, 2.45) is 0 Å². The maximum atomic E-state index is 2.35. The van der Waals surface area contributed by atoms with Crippen LogP contribution in [0.2, 0.25) is 0 Å². The molecule has 0 amide bonds. The van der Waals surface area contributed by atoms with Crippen LogP contribution in [0.3, 0.4) is 0 Å². The highest BCUT2D eigenvalue weighted by Gasteiger charge is 2.09. The Bertz CT molecular complexity index is 1530. The lowest BCUT2D eigenvalue weighted by molar-refractivity contribution is 1.66. The lowest BCUT2D eigenvalue weighted by Gasteiger charge is -2.03. The van der Waals surface area contributed by atoms with Gasteiger partial charge in [0, 0.05) is 25.6 Å². The number of benzene rings is 5. The second-order valence-corrected chi connectivity index (χ2v) is 8.52. The van der Waals surface area contributed by atoms with Crippen LogP contribution in [0, 0.1) is 0 Å². The summed E-state index contributed by atoms with van der Waals surface area (Å²) in [6.45, 7) is 0. The average Bonchev–Trinajstić information content (AvgIpc) is 3.15. The molecule has 0 radical (unpaired) electrons. The molecular weight excluding hydrogens is 368 g/mol. The molecule has 6 rings (SSSR count). The first-order valence-electron chi connectivity index (χ1n) is 9.86. The van der Waals surface area contributed by atoms with Crippen LogP contribution < -0.4 is 0 Å². The van der Waals surface area contributed by atoms with Crippen LogP contribution in [0.25, 0.3) is 53.9 Å². The molecule has 0 atom stereocenters. The molecule has 0 aliphatic rings. The van der Waals surface area contributed by atoms with Gasteiger partial charge in [-0.3, -0.25) is 0 Å². The van der Waals surface area contributed by atoms with Crippen molar-refractivity contribution in [1.29, 1.82) is 0 Å². The summed E-state index contributed by atoms with van der Waals surface area (Å²) in [6, 6.07) is 35.1. The fraction of sp³-hybridized carbons (Fsp3) is 0. The molecule has 136 valence electrons. The maximum absolute atomic E-state index is 2.35. The summed E-state index contributed by atoms with van der Waals surface area (Å²) < 4.78 is 2.73. The van der Waals surface area contributed by atoms with Crippen molar-refractivity contribution in [1.82, 2.24) is 0 Å². The highest BCUT2D eigenvalue weighted by molar-refractivity contribution is 7.26. The Morgan fingerprint density at radius 2 is 1.24 bits per heavy atom. The van der Waals surface area contributed by atoms with Crippen LogP contribution >= 0.6 is 11.3 Å². The molecule has 0 spiro atoms. The first-order chi connectivity index (χ1) is 14.3.